The van der Waals surface area contributed by atoms with Crippen molar-refractivity contribution < 1.29 is 0 Å². The third-order valence-corrected chi connectivity index (χ3v) is 2.84. The van der Waals surface area contributed by atoms with E-state index in [4.69, 9.17) is 5.73 Å². The molecule has 4 heteroatoms. The van der Waals surface area contributed by atoms with Gasteiger partial charge in [-0.2, -0.15) is 5.10 Å². The molecule has 1 aromatic heterocycles. The van der Waals surface area contributed by atoms with Crippen LogP contribution in [0.4, 0.5) is 0 Å². The molecule has 0 aliphatic heterocycles. The van der Waals surface area contributed by atoms with E-state index in [2.05, 4.69) is 23.9 Å². The van der Waals surface area contributed by atoms with E-state index in [9.17, 15) is 0 Å². The number of aryl methyl sites for hydroxylation is 2. The van der Waals surface area contributed by atoms with Crippen molar-refractivity contribution in [2.24, 2.45) is 18.7 Å². The predicted molar refractivity (Wildman–Crippen MR) is 70.8 cm³/mol. The number of nitrogens with zero attached hydrogens (tertiary/aromatic N) is 3. The second kappa shape index (κ2) is 7.43. The smallest absolute Gasteiger partial charge is 0.151 e. The van der Waals surface area contributed by atoms with Crippen LogP contribution in [0.2, 0.25) is 0 Å². The minimum atomic E-state index is 0.620. The van der Waals surface area contributed by atoms with E-state index in [1.54, 1.807) is 0 Å². The molecule has 1 heterocycles. The molecule has 0 aromatic carbocycles. The minimum Gasteiger partial charge on any atom is -0.330 e. The van der Waals surface area contributed by atoms with E-state index in [0.29, 0.717) is 5.92 Å². The molecule has 0 atom stereocenters. The molecule has 4 nitrogen and oxygen atoms in total. The van der Waals surface area contributed by atoms with E-state index in [1.807, 2.05) is 11.7 Å². The van der Waals surface area contributed by atoms with Gasteiger partial charge in [0.2, 0.25) is 0 Å². The SMILES string of the molecule is CC(C)Cc1nc(CCCCCCN)n(C)n1. The van der Waals surface area contributed by atoms with E-state index in [0.717, 1.165) is 37.5 Å². The van der Waals surface area contributed by atoms with Crippen LogP contribution in [0.1, 0.15) is 51.2 Å². The van der Waals surface area contributed by atoms with Crippen molar-refractivity contribution in [3.63, 3.8) is 0 Å². The monoisotopic (exact) mass is 238 g/mol. The van der Waals surface area contributed by atoms with Crippen LogP contribution in [0.25, 0.3) is 0 Å². The van der Waals surface area contributed by atoms with Crippen LogP contribution in [-0.4, -0.2) is 21.3 Å². The van der Waals surface area contributed by atoms with Gasteiger partial charge in [-0.3, -0.25) is 4.68 Å². The molecule has 1 rings (SSSR count). The summed E-state index contributed by atoms with van der Waals surface area (Å²) in [7, 11) is 1.99. The molecule has 0 unspecified atom stereocenters. The third-order valence-electron chi connectivity index (χ3n) is 2.84. The molecule has 98 valence electrons. The molecule has 0 amide bonds. The average molecular weight is 238 g/mol. The standard InChI is InChI=1S/C13H26N4/c1-11(2)10-12-15-13(17(3)16-12)8-6-4-5-7-9-14/h11H,4-10,14H2,1-3H3. The molecule has 17 heavy (non-hydrogen) atoms. The van der Waals surface area contributed by atoms with Gasteiger partial charge in [-0.05, 0) is 25.3 Å². The summed E-state index contributed by atoms with van der Waals surface area (Å²) in [5.74, 6) is 2.72. The van der Waals surface area contributed by atoms with Gasteiger partial charge < -0.3 is 5.73 Å². The van der Waals surface area contributed by atoms with Gasteiger partial charge in [0.1, 0.15) is 5.82 Å². The average Bonchev–Trinajstić information content (AvgIpc) is 2.58. The molecule has 0 fully saturated rings. The Hall–Kier alpha value is -0.900. The van der Waals surface area contributed by atoms with Crippen molar-refractivity contribution in [2.75, 3.05) is 6.54 Å². The lowest BCUT2D eigenvalue weighted by Gasteiger charge is -2.00. The van der Waals surface area contributed by atoms with Gasteiger partial charge >= 0.3 is 0 Å². The van der Waals surface area contributed by atoms with Crippen LogP contribution < -0.4 is 5.73 Å². The zero-order chi connectivity index (χ0) is 12.7. The normalized spacial score (nSPS) is 11.4. The molecule has 0 spiro atoms. The predicted octanol–water partition coefficient (Wildman–Crippen LogP) is 2.08. The summed E-state index contributed by atoms with van der Waals surface area (Å²) in [6.45, 7) is 5.20. The Bertz CT molecular complexity index is 317. The largest absolute Gasteiger partial charge is 0.330 e. The summed E-state index contributed by atoms with van der Waals surface area (Å²) in [6, 6.07) is 0. The fourth-order valence-corrected chi connectivity index (χ4v) is 1.92. The van der Waals surface area contributed by atoms with Crippen molar-refractivity contribution in [1.29, 1.82) is 0 Å². The van der Waals surface area contributed by atoms with Gasteiger partial charge in [-0.15, -0.1) is 0 Å². The number of nitrogens with two attached hydrogens (primary N) is 1. The lowest BCUT2D eigenvalue weighted by molar-refractivity contribution is 0.604. The molecular formula is C13H26N4. The lowest BCUT2D eigenvalue weighted by Crippen LogP contribution is -2.00. The van der Waals surface area contributed by atoms with Crippen LogP contribution in [0, 0.1) is 5.92 Å². The summed E-state index contributed by atoms with van der Waals surface area (Å²) < 4.78 is 1.93. The van der Waals surface area contributed by atoms with E-state index >= 15 is 0 Å². The van der Waals surface area contributed by atoms with Gasteiger partial charge in [-0.1, -0.05) is 26.7 Å². The zero-order valence-corrected chi connectivity index (χ0v) is 11.4. The highest BCUT2D eigenvalue weighted by Crippen LogP contribution is 2.08. The van der Waals surface area contributed by atoms with Crippen molar-refractivity contribution >= 4 is 0 Å². The molecule has 0 radical (unpaired) electrons. The van der Waals surface area contributed by atoms with E-state index in [-0.39, 0.29) is 0 Å². The Morgan fingerprint density at radius 2 is 1.88 bits per heavy atom. The van der Waals surface area contributed by atoms with Gasteiger partial charge in [0, 0.05) is 19.9 Å². The third kappa shape index (κ3) is 5.31. The van der Waals surface area contributed by atoms with Crippen molar-refractivity contribution in [1.82, 2.24) is 14.8 Å². The van der Waals surface area contributed by atoms with Crippen LogP contribution in [0.15, 0.2) is 0 Å². The fourth-order valence-electron chi connectivity index (χ4n) is 1.92. The second-order valence-corrected chi connectivity index (χ2v) is 5.12. The summed E-state index contributed by atoms with van der Waals surface area (Å²) in [4.78, 5) is 4.59. The summed E-state index contributed by atoms with van der Waals surface area (Å²) >= 11 is 0. The number of aromatic nitrogens is 3. The molecule has 2 N–H and O–H groups in total. The maximum atomic E-state index is 5.47. The quantitative estimate of drug-likeness (QED) is 0.705. The zero-order valence-electron chi connectivity index (χ0n) is 11.4. The Balaban J connectivity index is 2.35. The second-order valence-electron chi connectivity index (χ2n) is 5.12. The first-order valence-corrected chi connectivity index (χ1v) is 6.72. The van der Waals surface area contributed by atoms with Crippen molar-refractivity contribution in [2.45, 2.75) is 52.4 Å². The first kappa shape index (κ1) is 14.2. The molecule has 0 aliphatic rings. The van der Waals surface area contributed by atoms with E-state index < -0.39 is 0 Å². The number of rotatable bonds is 8. The topological polar surface area (TPSA) is 56.7 Å². The molecule has 1 aromatic rings. The van der Waals surface area contributed by atoms with Crippen molar-refractivity contribution in [3.05, 3.63) is 11.6 Å². The molecule has 0 aliphatic carbocycles. The molecule has 0 bridgehead atoms. The van der Waals surface area contributed by atoms with Crippen LogP contribution >= 0.6 is 0 Å². The number of hydrogen-bond acceptors (Lipinski definition) is 3. The minimum absolute atomic E-state index is 0.620. The van der Waals surface area contributed by atoms with Crippen LogP contribution in [0.5, 0.6) is 0 Å². The maximum Gasteiger partial charge on any atom is 0.151 e. The number of unbranched alkanes of at least 4 members (excludes halogenated alkanes) is 3. The van der Waals surface area contributed by atoms with Crippen LogP contribution in [0.3, 0.4) is 0 Å². The summed E-state index contributed by atoms with van der Waals surface area (Å²) in [6.07, 6.45) is 6.80. The van der Waals surface area contributed by atoms with Gasteiger partial charge in [0.05, 0.1) is 0 Å². The summed E-state index contributed by atoms with van der Waals surface area (Å²) in [5.41, 5.74) is 5.47. The summed E-state index contributed by atoms with van der Waals surface area (Å²) in [5, 5.41) is 4.45. The first-order chi connectivity index (χ1) is 8.13. The Morgan fingerprint density at radius 3 is 2.53 bits per heavy atom. The van der Waals surface area contributed by atoms with Gasteiger partial charge in [0.15, 0.2) is 5.82 Å². The number of hydrogen-bond donors (Lipinski definition) is 1. The van der Waals surface area contributed by atoms with Crippen molar-refractivity contribution in [3.8, 4) is 0 Å². The van der Waals surface area contributed by atoms with E-state index in [1.165, 1.54) is 19.3 Å². The molecule has 0 saturated carbocycles. The fraction of sp³-hybridized carbons (Fsp3) is 0.846. The first-order valence-electron chi connectivity index (χ1n) is 6.72. The van der Waals surface area contributed by atoms with Crippen LogP contribution in [-0.2, 0) is 19.9 Å². The Kier molecular flexibility index (Phi) is 6.19. The lowest BCUT2D eigenvalue weighted by atomic mass is 10.1. The van der Waals surface area contributed by atoms with Gasteiger partial charge in [0.25, 0.3) is 0 Å². The maximum absolute atomic E-state index is 5.47. The highest BCUT2D eigenvalue weighted by molar-refractivity contribution is 4.93. The highest BCUT2D eigenvalue weighted by atomic mass is 15.3. The Morgan fingerprint density at radius 1 is 1.18 bits per heavy atom. The molecular weight excluding hydrogens is 212 g/mol. The van der Waals surface area contributed by atoms with Gasteiger partial charge in [-0.25, -0.2) is 4.98 Å². The molecule has 0 saturated heterocycles. The Labute approximate surface area is 105 Å². The highest BCUT2D eigenvalue weighted by Gasteiger charge is 2.08.